The number of carbonyl (C=O) groups is 1. The van der Waals surface area contributed by atoms with Gasteiger partial charge in [0, 0.05) is 18.7 Å². The fourth-order valence-corrected chi connectivity index (χ4v) is 4.75. The molecule has 0 aromatic heterocycles. The van der Waals surface area contributed by atoms with Gasteiger partial charge in [-0.2, -0.15) is 0 Å². The summed E-state index contributed by atoms with van der Waals surface area (Å²) in [4.78, 5) is 12.3. The summed E-state index contributed by atoms with van der Waals surface area (Å²) in [6, 6.07) is 13.9. The third-order valence-corrected chi connectivity index (χ3v) is 6.19. The summed E-state index contributed by atoms with van der Waals surface area (Å²) in [5, 5.41) is 2.90. The number of benzene rings is 2. The average molecular weight is 372 g/mol. The van der Waals surface area contributed by atoms with Crippen LogP contribution in [0.3, 0.4) is 0 Å². The minimum absolute atomic E-state index is 0.0236. The number of nitrogens with one attached hydrogen (secondary N) is 1. The Morgan fingerprint density at radius 3 is 2.58 bits per heavy atom. The zero-order chi connectivity index (χ0) is 18.7. The lowest BCUT2D eigenvalue weighted by Gasteiger charge is -2.31. The Labute approximate surface area is 155 Å². The Morgan fingerprint density at radius 2 is 1.88 bits per heavy atom. The van der Waals surface area contributed by atoms with Gasteiger partial charge in [-0.25, -0.2) is 8.42 Å². The van der Waals surface area contributed by atoms with Crippen molar-refractivity contribution in [3.63, 3.8) is 0 Å². The van der Waals surface area contributed by atoms with Crippen molar-refractivity contribution in [1.82, 2.24) is 0 Å². The lowest BCUT2D eigenvalue weighted by atomic mass is 10.0. The van der Waals surface area contributed by atoms with Gasteiger partial charge in [-0.1, -0.05) is 32.0 Å². The van der Waals surface area contributed by atoms with Gasteiger partial charge in [-0.3, -0.25) is 9.10 Å². The van der Waals surface area contributed by atoms with E-state index >= 15 is 0 Å². The van der Waals surface area contributed by atoms with E-state index < -0.39 is 10.0 Å². The molecule has 3 rings (SSSR count). The van der Waals surface area contributed by atoms with Crippen LogP contribution in [0.1, 0.15) is 32.3 Å². The number of nitrogens with zero attached hydrogens (tertiary/aromatic N) is 1. The molecule has 1 N–H and O–H groups in total. The largest absolute Gasteiger partial charge is 0.326 e. The molecule has 0 spiro atoms. The molecule has 1 aliphatic rings. The normalized spacial score (nSPS) is 14.2. The van der Waals surface area contributed by atoms with Gasteiger partial charge in [0.1, 0.15) is 0 Å². The topological polar surface area (TPSA) is 66.5 Å². The first-order chi connectivity index (χ1) is 12.4. The Hall–Kier alpha value is -2.34. The van der Waals surface area contributed by atoms with E-state index in [2.05, 4.69) is 5.32 Å². The summed E-state index contributed by atoms with van der Waals surface area (Å²) in [5.41, 5.74) is 2.36. The quantitative estimate of drug-likeness (QED) is 0.868. The fourth-order valence-electron chi connectivity index (χ4n) is 3.19. The maximum atomic E-state index is 13.0. The first-order valence-electron chi connectivity index (χ1n) is 8.88. The van der Waals surface area contributed by atoms with Crippen molar-refractivity contribution in [3.05, 3.63) is 54.1 Å². The molecule has 0 radical (unpaired) electrons. The molecule has 26 heavy (non-hydrogen) atoms. The van der Waals surface area contributed by atoms with Gasteiger partial charge >= 0.3 is 0 Å². The monoisotopic (exact) mass is 372 g/mol. The van der Waals surface area contributed by atoms with E-state index in [0.717, 1.165) is 18.4 Å². The molecule has 0 bridgehead atoms. The van der Waals surface area contributed by atoms with Crippen LogP contribution in [-0.4, -0.2) is 20.9 Å². The number of sulfonamides is 1. The molecule has 2 aromatic carbocycles. The Bertz CT molecular complexity index is 893. The number of aryl methyl sites for hydroxylation is 1. The van der Waals surface area contributed by atoms with Crippen LogP contribution in [0.15, 0.2) is 53.4 Å². The van der Waals surface area contributed by atoms with E-state index in [1.165, 1.54) is 4.31 Å². The smallest absolute Gasteiger partial charge is 0.264 e. The second kappa shape index (κ2) is 7.50. The molecule has 0 unspecified atom stereocenters. The van der Waals surface area contributed by atoms with Crippen molar-refractivity contribution in [3.8, 4) is 0 Å². The van der Waals surface area contributed by atoms with Gasteiger partial charge in [-0.15, -0.1) is 0 Å². The van der Waals surface area contributed by atoms with Crippen LogP contribution in [0.5, 0.6) is 0 Å². The van der Waals surface area contributed by atoms with Crippen molar-refractivity contribution in [2.24, 2.45) is 5.92 Å². The minimum Gasteiger partial charge on any atom is -0.326 e. The predicted molar refractivity (Wildman–Crippen MR) is 104 cm³/mol. The molecule has 0 saturated heterocycles. The molecule has 2 aromatic rings. The van der Waals surface area contributed by atoms with Gasteiger partial charge in [0.25, 0.3) is 10.0 Å². The summed E-state index contributed by atoms with van der Waals surface area (Å²) >= 11 is 0. The molecule has 1 amide bonds. The third-order valence-electron chi connectivity index (χ3n) is 4.36. The van der Waals surface area contributed by atoms with E-state index in [4.69, 9.17) is 0 Å². The van der Waals surface area contributed by atoms with Crippen LogP contribution in [0, 0.1) is 5.92 Å². The lowest BCUT2D eigenvalue weighted by molar-refractivity contribution is -0.116. The molecule has 0 saturated carbocycles. The summed E-state index contributed by atoms with van der Waals surface area (Å²) in [6.07, 6.45) is 2.01. The zero-order valence-electron chi connectivity index (χ0n) is 15.1. The molecule has 0 atom stereocenters. The van der Waals surface area contributed by atoms with Crippen LogP contribution in [0.2, 0.25) is 0 Å². The van der Waals surface area contributed by atoms with Crippen LogP contribution >= 0.6 is 0 Å². The molecular weight excluding hydrogens is 348 g/mol. The van der Waals surface area contributed by atoms with Gasteiger partial charge < -0.3 is 5.32 Å². The number of carbonyl (C=O) groups excluding carboxylic acids is 1. The van der Waals surface area contributed by atoms with Crippen LogP contribution in [0.4, 0.5) is 11.4 Å². The first kappa shape index (κ1) is 18.5. The highest BCUT2D eigenvalue weighted by Gasteiger charge is 2.29. The number of fused-ring (bicyclic) bond motifs is 1. The molecule has 5 nitrogen and oxygen atoms in total. The molecule has 138 valence electrons. The molecule has 0 fully saturated rings. The molecule has 1 aliphatic heterocycles. The predicted octanol–water partition coefficient (Wildman–Crippen LogP) is 3.81. The summed E-state index contributed by atoms with van der Waals surface area (Å²) < 4.78 is 27.5. The number of rotatable bonds is 5. The highest BCUT2D eigenvalue weighted by Crippen LogP contribution is 2.33. The Morgan fingerprint density at radius 1 is 1.15 bits per heavy atom. The minimum atomic E-state index is -3.58. The maximum absolute atomic E-state index is 13.0. The van der Waals surface area contributed by atoms with E-state index in [0.29, 0.717) is 35.2 Å². The van der Waals surface area contributed by atoms with Crippen molar-refractivity contribution in [2.45, 2.75) is 38.0 Å². The second-order valence-corrected chi connectivity index (χ2v) is 8.85. The van der Waals surface area contributed by atoms with Gasteiger partial charge in [0.05, 0.1) is 10.6 Å². The van der Waals surface area contributed by atoms with E-state index in [1.54, 1.807) is 42.5 Å². The summed E-state index contributed by atoms with van der Waals surface area (Å²) in [6.45, 7) is 4.46. The van der Waals surface area contributed by atoms with E-state index in [-0.39, 0.29) is 5.91 Å². The van der Waals surface area contributed by atoms with Crippen LogP contribution < -0.4 is 9.62 Å². The van der Waals surface area contributed by atoms with Crippen molar-refractivity contribution in [1.29, 1.82) is 0 Å². The highest BCUT2D eigenvalue weighted by atomic mass is 32.2. The number of anilines is 2. The summed E-state index contributed by atoms with van der Waals surface area (Å²) in [7, 11) is -3.58. The van der Waals surface area contributed by atoms with Crippen molar-refractivity contribution in [2.75, 3.05) is 16.2 Å². The fraction of sp³-hybridized carbons (Fsp3) is 0.350. The summed E-state index contributed by atoms with van der Waals surface area (Å²) in [5.74, 6) is 0.267. The Balaban J connectivity index is 1.88. The van der Waals surface area contributed by atoms with Crippen LogP contribution in [0.25, 0.3) is 0 Å². The lowest BCUT2D eigenvalue weighted by Crippen LogP contribution is -2.35. The SMILES string of the molecule is CC(C)CC(=O)Nc1ccc2c(c1)CCCN2S(=O)(=O)c1ccccc1. The van der Waals surface area contributed by atoms with Gasteiger partial charge in [-0.05, 0) is 54.7 Å². The highest BCUT2D eigenvalue weighted by molar-refractivity contribution is 7.92. The van der Waals surface area contributed by atoms with Crippen molar-refractivity contribution >= 4 is 27.3 Å². The zero-order valence-corrected chi connectivity index (χ0v) is 15.9. The maximum Gasteiger partial charge on any atom is 0.264 e. The number of hydrogen-bond acceptors (Lipinski definition) is 3. The Kier molecular flexibility index (Phi) is 5.32. The van der Waals surface area contributed by atoms with Gasteiger partial charge in [0.2, 0.25) is 5.91 Å². The molecular formula is C20H24N2O3S. The van der Waals surface area contributed by atoms with Crippen molar-refractivity contribution < 1.29 is 13.2 Å². The van der Waals surface area contributed by atoms with Crippen LogP contribution in [-0.2, 0) is 21.2 Å². The average Bonchev–Trinajstić information content (AvgIpc) is 2.61. The third kappa shape index (κ3) is 3.90. The van der Waals surface area contributed by atoms with Gasteiger partial charge in [0.15, 0.2) is 0 Å². The number of amides is 1. The second-order valence-electron chi connectivity index (χ2n) is 6.98. The molecule has 0 aliphatic carbocycles. The standard InChI is InChI=1S/C20H24N2O3S/c1-15(2)13-20(23)21-17-10-11-19-16(14-17)7-6-12-22(19)26(24,25)18-8-4-3-5-9-18/h3-5,8-11,14-15H,6-7,12-13H2,1-2H3,(H,21,23). The first-order valence-corrected chi connectivity index (χ1v) is 10.3. The molecule has 6 heteroatoms. The van der Waals surface area contributed by atoms with E-state index in [9.17, 15) is 13.2 Å². The van der Waals surface area contributed by atoms with E-state index in [1.807, 2.05) is 19.9 Å². The molecule has 1 heterocycles. The number of hydrogen-bond donors (Lipinski definition) is 1.